The van der Waals surface area contributed by atoms with Crippen molar-refractivity contribution in [1.29, 1.82) is 0 Å². The Morgan fingerprint density at radius 3 is 2.92 bits per heavy atom. The van der Waals surface area contributed by atoms with E-state index in [2.05, 4.69) is 0 Å². The molecule has 0 unspecified atom stereocenters. The topological polar surface area (TPSA) is 30.2 Å². The predicted molar refractivity (Wildman–Crippen MR) is 51.3 cm³/mol. The minimum Gasteiger partial charge on any atom is -0.464 e. The maximum atomic E-state index is 10.1. The van der Waals surface area contributed by atoms with Crippen LogP contribution < -0.4 is 0 Å². The number of hydrogen-bond acceptors (Lipinski definition) is 2. The van der Waals surface area contributed by atoms with Gasteiger partial charge in [0.05, 0.1) is 6.26 Å². The van der Waals surface area contributed by atoms with Crippen molar-refractivity contribution in [2.45, 2.75) is 0 Å². The standard InChI is InChI=1S/C11H8O2/c12-7-3-4-9-8-13-11-6-2-1-5-10(9)11/h1-8H. The van der Waals surface area contributed by atoms with E-state index in [1.54, 1.807) is 12.3 Å². The Kier molecular flexibility index (Phi) is 1.96. The normalized spacial score (nSPS) is 11.1. The second kappa shape index (κ2) is 3.27. The Balaban J connectivity index is 2.57. The van der Waals surface area contributed by atoms with Crippen molar-refractivity contribution in [3.63, 3.8) is 0 Å². The zero-order chi connectivity index (χ0) is 9.10. The van der Waals surface area contributed by atoms with Crippen LogP contribution >= 0.6 is 0 Å². The molecule has 1 aromatic heterocycles. The first kappa shape index (κ1) is 7.80. The van der Waals surface area contributed by atoms with Gasteiger partial charge >= 0.3 is 0 Å². The minimum atomic E-state index is 0.752. The fourth-order valence-corrected chi connectivity index (χ4v) is 1.27. The summed E-state index contributed by atoms with van der Waals surface area (Å²) in [6.45, 7) is 0. The maximum absolute atomic E-state index is 10.1. The van der Waals surface area contributed by atoms with Gasteiger partial charge in [0.1, 0.15) is 11.9 Å². The summed E-state index contributed by atoms with van der Waals surface area (Å²) >= 11 is 0. The lowest BCUT2D eigenvalue weighted by molar-refractivity contribution is -0.104. The molecule has 1 heterocycles. The number of hydrogen-bond donors (Lipinski definition) is 0. The summed E-state index contributed by atoms with van der Waals surface area (Å²) in [5.74, 6) is 0. The van der Waals surface area contributed by atoms with Crippen LogP contribution in [0.15, 0.2) is 41.0 Å². The first-order chi connectivity index (χ1) is 6.42. The summed E-state index contributed by atoms with van der Waals surface area (Å²) in [5.41, 5.74) is 1.77. The smallest absolute Gasteiger partial charge is 0.142 e. The van der Waals surface area contributed by atoms with Crippen LogP contribution in [0.5, 0.6) is 0 Å². The van der Waals surface area contributed by atoms with Crippen LogP contribution in [-0.4, -0.2) is 6.29 Å². The first-order valence-electron chi connectivity index (χ1n) is 4.00. The SMILES string of the molecule is O=CC=Cc1coc2ccccc12. The molecule has 0 fully saturated rings. The van der Waals surface area contributed by atoms with E-state index >= 15 is 0 Å². The summed E-state index contributed by atoms with van der Waals surface area (Å²) < 4.78 is 5.28. The second-order valence-corrected chi connectivity index (χ2v) is 2.68. The van der Waals surface area contributed by atoms with Gasteiger partial charge in [-0.2, -0.15) is 0 Å². The molecule has 13 heavy (non-hydrogen) atoms. The Bertz CT molecular complexity index is 452. The Hall–Kier alpha value is -1.83. The van der Waals surface area contributed by atoms with E-state index in [1.165, 1.54) is 6.08 Å². The molecule has 0 spiro atoms. The number of furan rings is 1. The molecule has 1 aromatic carbocycles. The van der Waals surface area contributed by atoms with Crippen LogP contribution in [0.2, 0.25) is 0 Å². The Morgan fingerprint density at radius 1 is 1.23 bits per heavy atom. The van der Waals surface area contributed by atoms with Gasteiger partial charge in [-0.15, -0.1) is 0 Å². The van der Waals surface area contributed by atoms with E-state index in [0.29, 0.717) is 0 Å². The molecule has 2 aromatic rings. The molecule has 0 radical (unpaired) electrons. The summed E-state index contributed by atoms with van der Waals surface area (Å²) in [6.07, 6.45) is 5.59. The third kappa shape index (κ3) is 1.38. The number of aldehydes is 1. The predicted octanol–water partition coefficient (Wildman–Crippen LogP) is 2.64. The van der Waals surface area contributed by atoms with Gasteiger partial charge in [-0.3, -0.25) is 4.79 Å². The van der Waals surface area contributed by atoms with Gasteiger partial charge in [-0.1, -0.05) is 18.2 Å². The van der Waals surface area contributed by atoms with Crippen LogP contribution in [-0.2, 0) is 4.79 Å². The van der Waals surface area contributed by atoms with Crippen molar-refractivity contribution >= 4 is 23.3 Å². The lowest BCUT2D eigenvalue weighted by atomic mass is 10.2. The largest absolute Gasteiger partial charge is 0.464 e. The highest BCUT2D eigenvalue weighted by atomic mass is 16.3. The van der Waals surface area contributed by atoms with E-state index in [-0.39, 0.29) is 0 Å². The Morgan fingerprint density at radius 2 is 2.08 bits per heavy atom. The van der Waals surface area contributed by atoms with E-state index in [4.69, 9.17) is 4.42 Å². The number of rotatable bonds is 2. The molecular formula is C11H8O2. The van der Waals surface area contributed by atoms with Gasteiger partial charge in [0.25, 0.3) is 0 Å². The number of carbonyl (C=O) groups is 1. The van der Waals surface area contributed by atoms with E-state index in [0.717, 1.165) is 22.8 Å². The lowest BCUT2D eigenvalue weighted by Crippen LogP contribution is -1.67. The number of fused-ring (bicyclic) bond motifs is 1. The number of allylic oxidation sites excluding steroid dienone is 1. The van der Waals surface area contributed by atoms with Crippen molar-refractivity contribution in [2.75, 3.05) is 0 Å². The minimum absolute atomic E-state index is 0.752. The fraction of sp³-hybridized carbons (Fsp3) is 0. The highest BCUT2D eigenvalue weighted by molar-refractivity contribution is 5.89. The second-order valence-electron chi connectivity index (χ2n) is 2.68. The maximum Gasteiger partial charge on any atom is 0.142 e. The summed E-state index contributed by atoms with van der Waals surface area (Å²) in [4.78, 5) is 10.1. The van der Waals surface area contributed by atoms with Crippen molar-refractivity contribution < 1.29 is 9.21 Å². The molecule has 0 aliphatic rings. The summed E-state index contributed by atoms with van der Waals surface area (Å²) in [7, 11) is 0. The van der Waals surface area contributed by atoms with Crippen LogP contribution in [0.1, 0.15) is 5.56 Å². The van der Waals surface area contributed by atoms with Gasteiger partial charge in [0.2, 0.25) is 0 Å². The highest BCUT2D eigenvalue weighted by Crippen LogP contribution is 2.21. The summed E-state index contributed by atoms with van der Waals surface area (Å²) in [5, 5.41) is 1.03. The molecule has 0 aliphatic carbocycles. The van der Waals surface area contributed by atoms with E-state index in [9.17, 15) is 4.79 Å². The Labute approximate surface area is 75.5 Å². The van der Waals surface area contributed by atoms with E-state index < -0.39 is 0 Å². The molecule has 0 N–H and O–H groups in total. The van der Waals surface area contributed by atoms with E-state index in [1.807, 2.05) is 24.3 Å². The number of carbonyl (C=O) groups excluding carboxylic acids is 1. The molecular weight excluding hydrogens is 164 g/mol. The third-order valence-electron chi connectivity index (χ3n) is 1.87. The molecule has 64 valence electrons. The fourth-order valence-electron chi connectivity index (χ4n) is 1.27. The molecule has 0 aliphatic heterocycles. The van der Waals surface area contributed by atoms with Crippen LogP contribution in [0.25, 0.3) is 17.0 Å². The van der Waals surface area contributed by atoms with Crippen LogP contribution in [0, 0.1) is 0 Å². The average molecular weight is 172 g/mol. The monoisotopic (exact) mass is 172 g/mol. The molecule has 2 rings (SSSR count). The van der Waals surface area contributed by atoms with Gasteiger partial charge in [-0.05, 0) is 18.2 Å². The third-order valence-corrected chi connectivity index (χ3v) is 1.87. The lowest BCUT2D eigenvalue weighted by Gasteiger charge is -1.86. The quantitative estimate of drug-likeness (QED) is 0.515. The number of para-hydroxylation sites is 1. The zero-order valence-electron chi connectivity index (χ0n) is 6.94. The van der Waals surface area contributed by atoms with Gasteiger partial charge in [0.15, 0.2) is 0 Å². The van der Waals surface area contributed by atoms with Crippen molar-refractivity contribution in [3.05, 3.63) is 42.2 Å². The molecule has 0 amide bonds. The molecule has 0 saturated heterocycles. The molecule has 0 atom stereocenters. The molecule has 2 heteroatoms. The van der Waals surface area contributed by atoms with Crippen LogP contribution in [0.4, 0.5) is 0 Å². The van der Waals surface area contributed by atoms with Gasteiger partial charge in [0, 0.05) is 10.9 Å². The first-order valence-corrected chi connectivity index (χ1v) is 4.00. The molecule has 0 bridgehead atoms. The average Bonchev–Trinajstić information content (AvgIpc) is 2.58. The number of benzene rings is 1. The zero-order valence-corrected chi connectivity index (χ0v) is 6.94. The van der Waals surface area contributed by atoms with Gasteiger partial charge in [-0.25, -0.2) is 0 Å². The van der Waals surface area contributed by atoms with Crippen molar-refractivity contribution in [3.8, 4) is 0 Å². The van der Waals surface area contributed by atoms with Crippen molar-refractivity contribution in [1.82, 2.24) is 0 Å². The summed E-state index contributed by atoms with van der Waals surface area (Å²) in [6, 6.07) is 7.71. The van der Waals surface area contributed by atoms with Gasteiger partial charge < -0.3 is 4.42 Å². The molecule has 2 nitrogen and oxygen atoms in total. The molecule has 0 saturated carbocycles. The van der Waals surface area contributed by atoms with Crippen molar-refractivity contribution in [2.24, 2.45) is 0 Å². The van der Waals surface area contributed by atoms with Crippen LogP contribution in [0.3, 0.4) is 0 Å². The highest BCUT2D eigenvalue weighted by Gasteiger charge is 1.99.